The van der Waals surface area contributed by atoms with Gasteiger partial charge in [-0.25, -0.2) is 0 Å². The number of nitriles is 1. The molecule has 1 aliphatic carbocycles. The van der Waals surface area contributed by atoms with Gasteiger partial charge < -0.3 is 9.88 Å². The second kappa shape index (κ2) is 7.17. The van der Waals surface area contributed by atoms with Crippen LogP contribution in [0.25, 0.3) is 0 Å². The normalized spacial score (nSPS) is 15.4. The van der Waals surface area contributed by atoms with Crippen molar-refractivity contribution in [3.05, 3.63) is 68.1 Å². The van der Waals surface area contributed by atoms with Gasteiger partial charge in [0, 0.05) is 19.2 Å². The molecule has 0 bridgehead atoms. The zero-order valence-corrected chi connectivity index (χ0v) is 15.4. The molecule has 1 amide bonds. The summed E-state index contributed by atoms with van der Waals surface area (Å²) in [5, 5.41) is 9.17. The van der Waals surface area contributed by atoms with Gasteiger partial charge >= 0.3 is 0 Å². The molecule has 0 spiro atoms. The summed E-state index contributed by atoms with van der Waals surface area (Å²) in [6, 6.07) is 10.4. The number of aromatic nitrogens is 1. The van der Waals surface area contributed by atoms with Gasteiger partial charge in [-0.05, 0) is 55.4 Å². The predicted molar refractivity (Wildman–Crippen MR) is 99.8 cm³/mol. The lowest BCUT2D eigenvalue weighted by Gasteiger charge is -2.26. The largest absolute Gasteiger partial charge is 0.339 e. The molecular formula is C21H23N3O2. The monoisotopic (exact) mass is 349 g/mol. The molecule has 1 aromatic heterocycles. The maximum atomic E-state index is 12.7. The molecule has 1 atom stereocenters. The number of carbonyl (C=O) groups excluding carboxylic acids is 1. The van der Waals surface area contributed by atoms with Gasteiger partial charge in [-0.15, -0.1) is 0 Å². The van der Waals surface area contributed by atoms with Crippen LogP contribution in [-0.4, -0.2) is 22.8 Å². The molecule has 26 heavy (non-hydrogen) atoms. The SMILES string of the molecule is Cc1[nH]c(=O)c(C#N)c(C)c1CCC(=O)N(C)[C@H]1CCc2ccccc21. The average Bonchev–Trinajstić information content (AvgIpc) is 3.04. The first-order valence-corrected chi connectivity index (χ1v) is 8.90. The number of pyridine rings is 1. The fraction of sp³-hybridized carbons (Fsp3) is 0.381. The molecule has 0 radical (unpaired) electrons. The fourth-order valence-electron chi connectivity index (χ4n) is 3.94. The minimum atomic E-state index is -0.364. The second-order valence-electron chi connectivity index (χ2n) is 6.93. The molecule has 0 fully saturated rings. The molecule has 134 valence electrons. The van der Waals surface area contributed by atoms with Gasteiger partial charge in [0.15, 0.2) is 0 Å². The van der Waals surface area contributed by atoms with Crippen LogP contribution < -0.4 is 5.56 Å². The maximum absolute atomic E-state index is 12.7. The van der Waals surface area contributed by atoms with E-state index in [2.05, 4.69) is 17.1 Å². The Labute approximate surface area is 153 Å². The topological polar surface area (TPSA) is 77.0 Å². The van der Waals surface area contributed by atoms with Crippen LogP contribution in [0.1, 0.15) is 52.4 Å². The fourth-order valence-corrected chi connectivity index (χ4v) is 3.94. The van der Waals surface area contributed by atoms with Crippen molar-refractivity contribution in [1.29, 1.82) is 5.26 Å². The van der Waals surface area contributed by atoms with E-state index in [0.717, 1.165) is 24.1 Å². The summed E-state index contributed by atoms with van der Waals surface area (Å²) in [6.45, 7) is 3.59. The molecule has 0 saturated heterocycles. The number of rotatable bonds is 4. The van der Waals surface area contributed by atoms with Crippen molar-refractivity contribution in [1.82, 2.24) is 9.88 Å². The molecule has 1 aliphatic rings. The number of benzene rings is 1. The highest BCUT2D eigenvalue weighted by atomic mass is 16.2. The third kappa shape index (κ3) is 3.15. The lowest BCUT2D eigenvalue weighted by molar-refractivity contribution is -0.132. The molecule has 2 aromatic rings. The van der Waals surface area contributed by atoms with Crippen LogP contribution in [0, 0.1) is 25.2 Å². The van der Waals surface area contributed by atoms with Crippen LogP contribution in [0.2, 0.25) is 0 Å². The Bertz CT molecular complexity index is 953. The Morgan fingerprint density at radius 1 is 1.35 bits per heavy atom. The van der Waals surface area contributed by atoms with Gasteiger partial charge in [0.2, 0.25) is 5.91 Å². The molecule has 5 nitrogen and oxygen atoms in total. The number of aryl methyl sites for hydroxylation is 2. The van der Waals surface area contributed by atoms with Gasteiger partial charge in [-0.2, -0.15) is 5.26 Å². The molecular weight excluding hydrogens is 326 g/mol. The summed E-state index contributed by atoms with van der Waals surface area (Å²) >= 11 is 0. The van der Waals surface area contributed by atoms with Crippen molar-refractivity contribution < 1.29 is 4.79 Å². The minimum Gasteiger partial charge on any atom is -0.339 e. The van der Waals surface area contributed by atoms with E-state index in [4.69, 9.17) is 0 Å². The zero-order valence-electron chi connectivity index (χ0n) is 15.4. The molecule has 3 rings (SSSR count). The second-order valence-corrected chi connectivity index (χ2v) is 6.93. The van der Waals surface area contributed by atoms with E-state index in [1.807, 2.05) is 37.1 Å². The summed E-state index contributed by atoms with van der Waals surface area (Å²) < 4.78 is 0. The number of carbonyl (C=O) groups is 1. The Morgan fingerprint density at radius 2 is 2.08 bits per heavy atom. The number of H-pyrrole nitrogens is 1. The number of nitrogens with one attached hydrogen (secondary N) is 1. The highest BCUT2D eigenvalue weighted by Crippen LogP contribution is 2.35. The number of amides is 1. The van der Waals surface area contributed by atoms with Gasteiger partial charge in [-0.1, -0.05) is 24.3 Å². The van der Waals surface area contributed by atoms with E-state index < -0.39 is 0 Å². The zero-order chi connectivity index (χ0) is 18.8. The van der Waals surface area contributed by atoms with Crippen LogP contribution in [0.15, 0.2) is 29.1 Å². The van der Waals surface area contributed by atoms with E-state index in [1.54, 1.807) is 6.92 Å². The molecule has 0 saturated carbocycles. The highest BCUT2D eigenvalue weighted by Gasteiger charge is 2.28. The number of aromatic amines is 1. The van der Waals surface area contributed by atoms with E-state index in [-0.39, 0.29) is 23.1 Å². The van der Waals surface area contributed by atoms with Crippen molar-refractivity contribution in [2.75, 3.05) is 7.05 Å². The van der Waals surface area contributed by atoms with Crippen molar-refractivity contribution in [2.45, 2.75) is 45.6 Å². The lowest BCUT2D eigenvalue weighted by Crippen LogP contribution is -2.30. The Kier molecular flexibility index (Phi) is 4.94. The summed E-state index contributed by atoms with van der Waals surface area (Å²) in [4.78, 5) is 29.1. The van der Waals surface area contributed by atoms with Crippen LogP contribution in [0.4, 0.5) is 0 Å². The van der Waals surface area contributed by atoms with Crippen LogP contribution in [0.5, 0.6) is 0 Å². The van der Waals surface area contributed by atoms with Gasteiger partial charge in [0.1, 0.15) is 11.6 Å². The first-order chi connectivity index (χ1) is 12.4. The van der Waals surface area contributed by atoms with Crippen LogP contribution in [-0.2, 0) is 17.6 Å². The first kappa shape index (κ1) is 17.9. The number of fused-ring (bicyclic) bond motifs is 1. The quantitative estimate of drug-likeness (QED) is 0.922. The van der Waals surface area contributed by atoms with Crippen LogP contribution >= 0.6 is 0 Å². The van der Waals surface area contributed by atoms with E-state index in [1.165, 1.54) is 11.1 Å². The summed E-state index contributed by atoms with van der Waals surface area (Å²) in [7, 11) is 1.86. The highest BCUT2D eigenvalue weighted by molar-refractivity contribution is 5.77. The molecule has 5 heteroatoms. The number of hydrogen-bond acceptors (Lipinski definition) is 3. The predicted octanol–water partition coefficient (Wildman–Crippen LogP) is 2.94. The smallest absolute Gasteiger partial charge is 0.266 e. The van der Waals surface area contributed by atoms with Crippen molar-refractivity contribution >= 4 is 5.91 Å². The minimum absolute atomic E-state index is 0.0789. The Morgan fingerprint density at radius 3 is 2.81 bits per heavy atom. The summed E-state index contributed by atoms with van der Waals surface area (Å²) in [5.74, 6) is 0.0789. The average molecular weight is 349 g/mol. The van der Waals surface area contributed by atoms with Gasteiger partial charge in [-0.3, -0.25) is 9.59 Å². The summed E-state index contributed by atoms with van der Waals surface area (Å²) in [6.07, 6.45) is 2.83. The van der Waals surface area contributed by atoms with Crippen LogP contribution in [0.3, 0.4) is 0 Å². The number of hydrogen-bond donors (Lipinski definition) is 1. The molecule has 1 heterocycles. The van der Waals surface area contributed by atoms with Gasteiger partial charge in [0.05, 0.1) is 6.04 Å². The van der Waals surface area contributed by atoms with Crippen molar-refractivity contribution in [3.63, 3.8) is 0 Å². The third-order valence-electron chi connectivity index (χ3n) is 5.47. The van der Waals surface area contributed by atoms with Crippen molar-refractivity contribution in [2.24, 2.45) is 0 Å². The van der Waals surface area contributed by atoms with Crippen molar-refractivity contribution in [3.8, 4) is 6.07 Å². The Hall–Kier alpha value is -2.87. The van der Waals surface area contributed by atoms with E-state index in [0.29, 0.717) is 18.4 Å². The Balaban J connectivity index is 1.74. The van der Waals surface area contributed by atoms with E-state index in [9.17, 15) is 14.9 Å². The first-order valence-electron chi connectivity index (χ1n) is 8.90. The molecule has 0 unspecified atom stereocenters. The maximum Gasteiger partial charge on any atom is 0.266 e. The molecule has 1 N–H and O–H groups in total. The van der Waals surface area contributed by atoms with Gasteiger partial charge in [0.25, 0.3) is 5.56 Å². The lowest BCUT2D eigenvalue weighted by atomic mass is 9.98. The molecule has 0 aliphatic heterocycles. The van der Waals surface area contributed by atoms with E-state index >= 15 is 0 Å². The molecule has 1 aromatic carbocycles. The third-order valence-corrected chi connectivity index (χ3v) is 5.47. The number of nitrogens with zero attached hydrogens (tertiary/aromatic N) is 2. The standard InChI is InChI=1S/C21H23N3O2/c1-13-16(14(2)23-21(26)18(13)12-22)9-11-20(25)24(3)19-10-8-15-6-4-5-7-17(15)19/h4-7,19H,8-11H2,1-3H3,(H,23,26)/t19-/m0/s1. The summed E-state index contributed by atoms with van der Waals surface area (Å²) in [5.41, 5.74) is 4.63.